The molecule has 2 fully saturated rings. The molecule has 0 bridgehead atoms. The van der Waals surface area contributed by atoms with Crippen molar-refractivity contribution in [3.05, 3.63) is 52.3 Å². The van der Waals surface area contributed by atoms with E-state index in [1.807, 2.05) is 0 Å². The van der Waals surface area contributed by atoms with Crippen molar-refractivity contribution in [2.75, 3.05) is 42.6 Å². The molecule has 12 heteroatoms. The van der Waals surface area contributed by atoms with Gasteiger partial charge in [0.15, 0.2) is 0 Å². The Labute approximate surface area is 197 Å². The van der Waals surface area contributed by atoms with Crippen LogP contribution in [0.4, 0.5) is 20.6 Å². The van der Waals surface area contributed by atoms with E-state index in [1.165, 1.54) is 29.2 Å². The molecule has 0 spiro atoms. The first-order chi connectivity index (χ1) is 15.7. The number of ether oxygens (including phenoxy) is 2. The lowest BCUT2D eigenvalue weighted by atomic mass is 10.2. The molecule has 0 aliphatic carbocycles. The zero-order chi connectivity index (χ0) is 23.7. The second-order valence-electron chi connectivity index (χ2n) is 7.26. The highest BCUT2D eigenvalue weighted by Crippen LogP contribution is 2.30. The number of cyclic esters (lactones) is 1. The summed E-state index contributed by atoms with van der Waals surface area (Å²) in [7, 11) is 0. The highest BCUT2D eigenvalue weighted by atomic mass is 35.5. The highest BCUT2D eigenvalue weighted by Gasteiger charge is 2.37. The van der Waals surface area contributed by atoms with E-state index in [2.05, 4.69) is 6.92 Å². The summed E-state index contributed by atoms with van der Waals surface area (Å²) in [6, 6.07) is 7.07. The first kappa shape index (κ1) is 23.1. The Morgan fingerprint density at radius 1 is 1.24 bits per heavy atom. The number of nitrogens with zero attached hydrogens (tertiary/aromatic N) is 3. The molecule has 1 aromatic heterocycles. The molecule has 173 valence electrons. The number of carbonyl (C=O) groups excluding carboxylic acids is 4. The van der Waals surface area contributed by atoms with Crippen LogP contribution in [-0.2, 0) is 19.1 Å². The van der Waals surface area contributed by atoms with Gasteiger partial charge in [-0.3, -0.25) is 24.2 Å². The van der Waals surface area contributed by atoms with Crippen LogP contribution in [0.25, 0.3) is 0 Å². The van der Waals surface area contributed by atoms with Crippen LogP contribution >= 0.6 is 22.9 Å². The van der Waals surface area contributed by atoms with Crippen LogP contribution in [0, 0.1) is 12.7 Å². The standard InChI is InChI=1S/C21H18ClFN3O6S/c1-12(27)25(20(29)17-4-5-18(22)33-17)9-14-10-26(21(30)32-14)16-3-2-13(8-15(16)23)24-6-7-31-11-19(24)28/h2-5,8,14H,1,6-7,9-11H2/t14-/m0/s1. The van der Waals surface area contributed by atoms with Crippen molar-refractivity contribution in [3.8, 4) is 0 Å². The van der Waals surface area contributed by atoms with E-state index in [1.54, 1.807) is 0 Å². The van der Waals surface area contributed by atoms with Crippen LogP contribution < -0.4 is 9.80 Å². The Kier molecular flexibility index (Phi) is 6.63. The second-order valence-corrected chi connectivity index (χ2v) is 8.98. The number of thiophene rings is 1. The fourth-order valence-electron chi connectivity index (χ4n) is 3.55. The van der Waals surface area contributed by atoms with Gasteiger partial charge in [0.05, 0.1) is 34.6 Å². The Morgan fingerprint density at radius 2 is 2.03 bits per heavy atom. The van der Waals surface area contributed by atoms with Crippen LogP contribution in [0.3, 0.4) is 0 Å². The van der Waals surface area contributed by atoms with Crippen molar-refractivity contribution < 1.29 is 33.0 Å². The molecule has 0 unspecified atom stereocenters. The lowest BCUT2D eigenvalue weighted by Crippen LogP contribution is -2.42. The van der Waals surface area contributed by atoms with E-state index in [-0.39, 0.29) is 36.2 Å². The fraction of sp³-hybridized carbons (Fsp3) is 0.286. The van der Waals surface area contributed by atoms with Gasteiger partial charge < -0.3 is 14.4 Å². The molecule has 1 aromatic carbocycles. The summed E-state index contributed by atoms with van der Waals surface area (Å²) >= 11 is 6.86. The van der Waals surface area contributed by atoms with Crippen molar-refractivity contribution in [1.82, 2.24) is 4.90 Å². The van der Waals surface area contributed by atoms with E-state index >= 15 is 0 Å². The number of carbonyl (C=O) groups is 4. The van der Waals surface area contributed by atoms with Gasteiger partial charge >= 0.3 is 6.09 Å². The van der Waals surface area contributed by atoms with Crippen molar-refractivity contribution in [2.24, 2.45) is 0 Å². The first-order valence-electron chi connectivity index (χ1n) is 9.83. The average molecular weight is 495 g/mol. The summed E-state index contributed by atoms with van der Waals surface area (Å²) < 4.78 is 25.6. The zero-order valence-electron chi connectivity index (χ0n) is 17.2. The van der Waals surface area contributed by atoms with E-state index in [4.69, 9.17) is 21.1 Å². The molecule has 3 heterocycles. The quantitative estimate of drug-likeness (QED) is 0.634. The predicted octanol–water partition coefficient (Wildman–Crippen LogP) is 2.73. The lowest BCUT2D eigenvalue weighted by molar-refractivity contribution is -0.126. The molecule has 33 heavy (non-hydrogen) atoms. The van der Waals surface area contributed by atoms with E-state index in [9.17, 15) is 23.6 Å². The van der Waals surface area contributed by atoms with Crippen molar-refractivity contribution in [1.29, 1.82) is 0 Å². The number of anilines is 2. The average Bonchev–Trinajstić information content (AvgIpc) is 3.37. The maximum Gasteiger partial charge on any atom is 0.414 e. The van der Waals surface area contributed by atoms with Gasteiger partial charge in [0.2, 0.25) is 5.91 Å². The molecule has 4 rings (SSSR count). The summed E-state index contributed by atoms with van der Waals surface area (Å²) in [6.45, 7) is 3.50. The van der Waals surface area contributed by atoms with Crippen molar-refractivity contribution in [3.63, 3.8) is 0 Å². The molecule has 4 amide bonds. The lowest BCUT2D eigenvalue weighted by Gasteiger charge is -2.27. The number of rotatable bonds is 5. The molecular formula is C21H18ClFN3O6S. The topological polar surface area (TPSA) is 96.5 Å². The van der Waals surface area contributed by atoms with Crippen LogP contribution in [0.1, 0.15) is 9.67 Å². The molecule has 2 aromatic rings. The third-order valence-corrected chi connectivity index (χ3v) is 6.33. The molecule has 0 saturated carbocycles. The minimum atomic E-state index is -0.887. The number of amides is 4. The van der Waals surface area contributed by atoms with E-state index in [0.29, 0.717) is 23.2 Å². The van der Waals surface area contributed by atoms with E-state index in [0.717, 1.165) is 27.2 Å². The number of imide groups is 1. The normalized spacial score (nSPS) is 18.5. The van der Waals surface area contributed by atoms with Gasteiger partial charge in [-0.1, -0.05) is 11.6 Å². The van der Waals surface area contributed by atoms with Gasteiger partial charge in [-0.2, -0.15) is 0 Å². The first-order valence-corrected chi connectivity index (χ1v) is 11.0. The van der Waals surface area contributed by atoms with Gasteiger partial charge in [0.1, 0.15) is 18.5 Å². The Hall–Kier alpha value is -3.02. The highest BCUT2D eigenvalue weighted by molar-refractivity contribution is 7.18. The third kappa shape index (κ3) is 4.85. The Bertz CT molecular complexity index is 1130. The number of morpholine rings is 1. The van der Waals surface area contributed by atoms with E-state index < -0.39 is 29.8 Å². The van der Waals surface area contributed by atoms with Gasteiger partial charge in [-0.05, 0) is 30.3 Å². The number of halogens is 2. The van der Waals surface area contributed by atoms with Crippen molar-refractivity contribution in [2.45, 2.75) is 6.10 Å². The molecule has 1 atom stereocenters. The summed E-state index contributed by atoms with van der Waals surface area (Å²) in [4.78, 5) is 52.6. The minimum absolute atomic E-state index is 0.0455. The smallest absolute Gasteiger partial charge is 0.414 e. The third-order valence-electron chi connectivity index (χ3n) is 5.11. The fourth-order valence-corrected chi connectivity index (χ4v) is 4.54. The largest absolute Gasteiger partial charge is 0.442 e. The second kappa shape index (κ2) is 9.46. The van der Waals surface area contributed by atoms with Gasteiger partial charge in [0.25, 0.3) is 11.8 Å². The molecule has 1 radical (unpaired) electrons. The zero-order valence-corrected chi connectivity index (χ0v) is 18.7. The predicted molar refractivity (Wildman–Crippen MR) is 118 cm³/mol. The van der Waals surface area contributed by atoms with Gasteiger partial charge in [-0.25, -0.2) is 9.18 Å². The number of benzene rings is 1. The van der Waals surface area contributed by atoms with Gasteiger partial charge in [0, 0.05) is 19.2 Å². The summed E-state index contributed by atoms with van der Waals surface area (Å²) in [5, 5.41) is 0. The van der Waals surface area contributed by atoms with Crippen LogP contribution in [-0.4, -0.2) is 67.7 Å². The summed E-state index contributed by atoms with van der Waals surface area (Å²) in [5.74, 6) is -2.40. The number of hydrogen-bond donors (Lipinski definition) is 0. The molecule has 2 aliphatic heterocycles. The van der Waals surface area contributed by atoms with Crippen LogP contribution in [0.15, 0.2) is 30.3 Å². The Balaban J connectivity index is 1.48. The summed E-state index contributed by atoms with van der Waals surface area (Å²) in [5.41, 5.74) is 0.304. The molecular weight excluding hydrogens is 477 g/mol. The molecule has 0 N–H and O–H groups in total. The summed E-state index contributed by atoms with van der Waals surface area (Å²) in [6.07, 6.45) is -1.71. The molecule has 2 saturated heterocycles. The number of hydrogen-bond acceptors (Lipinski definition) is 7. The monoisotopic (exact) mass is 494 g/mol. The van der Waals surface area contributed by atoms with Crippen LogP contribution in [0.5, 0.6) is 0 Å². The maximum atomic E-state index is 14.9. The molecule has 2 aliphatic rings. The van der Waals surface area contributed by atoms with Gasteiger partial charge in [-0.15, -0.1) is 11.3 Å². The van der Waals surface area contributed by atoms with Crippen LogP contribution in [0.2, 0.25) is 4.34 Å². The minimum Gasteiger partial charge on any atom is -0.442 e. The SMILES string of the molecule is [CH2]C(=O)N(C[C@H]1CN(c2ccc(N3CCOCC3=O)cc2F)C(=O)O1)C(=O)c1ccc(Cl)s1. The Morgan fingerprint density at radius 3 is 2.67 bits per heavy atom. The van der Waals surface area contributed by atoms with Crippen molar-refractivity contribution >= 4 is 58.1 Å². The maximum absolute atomic E-state index is 14.9. The molecule has 9 nitrogen and oxygen atoms in total.